The van der Waals surface area contributed by atoms with Crippen molar-refractivity contribution in [2.75, 3.05) is 23.8 Å². The van der Waals surface area contributed by atoms with Gasteiger partial charge in [0.25, 0.3) is 0 Å². The van der Waals surface area contributed by atoms with Gasteiger partial charge in [-0.1, -0.05) is 11.6 Å². The van der Waals surface area contributed by atoms with Crippen LogP contribution in [0.15, 0.2) is 36.8 Å². The van der Waals surface area contributed by atoms with Crippen molar-refractivity contribution >= 4 is 40.1 Å². The lowest BCUT2D eigenvalue weighted by atomic mass is 9.86. The number of aliphatic hydroxyl groups excluding tert-OH is 1. The fraction of sp³-hybridized carbons (Fsp3) is 0.409. The molecule has 0 aromatic carbocycles. The average Bonchev–Trinajstić information content (AvgIpc) is 2.80. The van der Waals surface area contributed by atoms with E-state index in [1.807, 2.05) is 18.2 Å². The number of rotatable bonds is 8. The van der Waals surface area contributed by atoms with Gasteiger partial charge in [-0.05, 0) is 55.4 Å². The summed E-state index contributed by atoms with van der Waals surface area (Å²) in [5, 5.41) is 17.0. The van der Waals surface area contributed by atoms with Crippen molar-refractivity contribution in [1.29, 1.82) is 0 Å². The number of hydrogen-bond donors (Lipinski definition) is 3. The highest BCUT2D eigenvalue weighted by Gasteiger charge is 2.21. The first kappa shape index (κ1) is 21.4. The van der Waals surface area contributed by atoms with Gasteiger partial charge in [0.05, 0.1) is 0 Å². The summed E-state index contributed by atoms with van der Waals surface area (Å²) in [6.07, 6.45) is 9.43. The van der Waals surface area contributed by atoms with Gasteiger partial charge in [-0.2, -0.15) is 0 Å². The Morgan fingerprint density at radius 1 is 1.10 bits per heavy atom. The van der Waals surface area contributed by atoms with Crippen LogP contribution in [0.5, 0.6) is 0 Å². The number of fused-ring (bicyclic) bond motifs is 1. The quantitative estimate of drug-likeness (QED) is 0.457. The summed E-state index contributed by atoms with van der Waals surface area (Å²) in [5.74, 6) is 1.71. The molecular weight excluding hydrogens is 416 g/mol. The van der Waals surface area contributed by atoms with Crippen molar-refractivity contribution in [2.24, 2.45) is 5.92 Å². The molecule has 0 amide bonds. The van der Waals surface area contributed by atoms with Crippen molar-refractivity contribution in [3.05, 3.63) is 47.5 Å². The van der Waals surface area contributed by atoms with Crippen LogP contribution in [0.3, 0.4) is 0 Å². The number of halogens is 1. The van der Waals surface area contributed by atoms with Crippen LogP contribution in [0.25, 0.3) is 10.9 Å². The molecule has 0 aliphatic heterocycles. The smallest absolute Gasteiger partial charge is 0.222 e. The maximum atomic E-state index is 11.3. The summed E-state index contributed by atoms with van der Waals surface area (Å²) in [6, 6.07) is 6.29. The molecule has 1 fully saturated rings. The van der Waals surface area contributed by atoms with Crippen LogP contribution in [0, 0.1) is 5.92 Å². The van der Waals surface area contributed by atoms with Crippen molar-refractivity contribution in [3.8, 4) is 0 Å². The number of Topliss-reactive ketones (excluding diaryl/α,β-unsaturated/α-hetero) is 1. The largest absolute Gasteiger partial charge is 0.389 e. The van der Waals surface area contributed by atoms with Crippen LogP contribution in [0.1, 0.15) is 31.2 Å². The van der Waals surface area contributed by atoms with E-state index in [9.17, 15) is 4.79 Å². The Bertz CT molecular complexity index is 1040. The van der Waals surface area contributed by atoms with E-state index in [0.717, 1.165) is 48.9 Å². The molecule has 3 heterocycles. The molecule has 3 N–H and O–H groups in total. The lowest BCUT2D eigenvalue weighted by Crippen LogP contribution is -2.29. The lowest BCUT2D eigenvalue weighted by molar-refractivity contribution is -0.121. The predicted octanol–water partition coefficient (Wildman–Crippen LogP) is 3.26. The minimum absolute atomic E-state index is 0.155. The fourth-order valence-electron chi connectivity index (χ4n) is 3.87. The van der Waals surface area contributed by atoms with Gasteiger partial charge in [-0.3, -0.25) is 4.79 Å². The predicted molar refractivity (Wildman–Crippen MR) is 120 cm³/mol. The zero-order chi connectivity index (χ0) is 21.6. The number of carbonyl (C=O) groups is 1. The van der Waals surface area contributed by atoms with Crippen molar-refractivity contribution < 1.29 is 9.90 Å². The molecular formula is C22H25ClN6O2. The Labute approximate surface area is 185 Å². The number of aliphatic hydroxyl groups is 1. The van der Waals surface area contributed by atoms with E-state index >= 15 is 0 Å². The minimum Gasteiger partial charge on any atom is -0.389 e. The molecule has 0 atom stereocenters. The number of carbonyl (C=O) groups excluding carboxylic acids is 1. The van der Waals surface area contributed by atoms with Gasteiger partial charge in [-0.25, -0.2) is 19.9 Å². The van der Waals surface area contributed by atoms with E-state index in [0.29, 0.717) is 28.6 Å². The van der Waals surface area contributed by atoms with Crippen LogP contribution < -0.4 is 10.6 Å². The topological polar surface area (TPSA) is 113 Å². The Morgan fingerprint density at radius 3 is 2.61 bits per heavy atom. The molecule has 31 heavy (non-hydrogen) atoms. The van der Waals surface area contributed by atoms with Crippen molar-refractivity contribution in [2.45, 2.75) is 38.1 Å². The molecule has 1 aliphatic carbocycles. The first-order valence-electron chi connectivity index (χ1n) is 10.5. The molecule has 1 saturated carbocycles. The third kappa shape index (κ3) is 5.65. The van der Waals surface area contributed by atoms with E-state index < -0.39 is 6.61 Å². The number of nitrogens with zero attached hydrogens (tertiary/aromatic N) is 4. The normalized spacial score (nSPS) is 18.6. The van der Waals surface area contributed by atoms with Crippen LogP contribution in [0.2, 0.25) is 5.15 Å². The maximum absolute atomic E-state index is 11.3. The second-order valence-corrected chi connectivity index (χ2v) is 8.26. The van der Waals surface area contributed by atoms with E-state index in [4.69, 9.17) is 16.7 Å². The Balaban J connectivity index is 1.24. The third-order valence-corrected chi connectivity index (χ3v) is 5.87. The summed E-state index contributed by atoms with van der Waals surface area (Å²) >= 11 is 6.17. The van der Waals surface area contributed by atoms with Crippen molar-refractivity contribution in [1.82, 2.24) is 19.9 Å². The summed E-state index contributed by atoms with van der Waals surface area (Å²) in [7, 11) is 0. The minimum atomic E-state index is -0.459. The molecule has 0 bridgehead atoms. The maximum Gasteiger partial charge on any atom is 0.222 e. The SMILES string of the molecule is O=C(CO)Cc1cnc(NCC2CCC(Nc3ccc4ccnc(Cl)c4n3)CC2)nc1. The van der Waals surface area contributed by atoms with Gasteiger partial charge >= 0.3 is 0 Å². The first-order chi connectivity index (χ1) is 15.1. The second kappa shape index (κ2) is 9.98. The number of nitrogens with one attached hydrogen (secondary N) is 2. The van der Waals surface area contributed by atoms with Gasteiger partial charge in [0.1, 0.15) is 17.9 Å². The van der Waals surface area contributed by atoms with Gasteiger partial charge in [0, 0.05) is 43.0 Å². The van der Waals surface area contributed by atoms with Gasteiger partial charge in [-0.15, -0.1) is 0 Å². The fourth-order valence-corrected chi connectivity index (χ4v) is 4.08. The Hall–Kier alpha value is -2.84. The zero-order valence-electron chi connectivity index (χ0n) is 17.1. The summed E-state index contributed by atoms with van der Waals surface area (Å²) in [5.41, 5.74) is 1.43. The lowest BCUT2D eigenvalue weighted by Gasteiger charge is -2.29. The summed E-state index contributed by atoms with van der Waals surface area (Å²) in [4.78, 5) is 28.5. The molecule has 1 aliphatic rings. The van der Waals surface area contributed by atoms with E-state index in [1.165, 1.54) is 0 Å². The second-order valence-electron chi connectivity index (χ2n) is 7.90. The molecule has 162 valence electrons. The number of aromatic nitrogens is 4. The molecule has 3 aromatic heterocycles. The Kier molecular flexibility index (Phi) is 6.89. The Morgan fingerprint density at radius 2 is 1.87 bits per heavy atom. The zero-order valence-corrected chi connectivity index (χ0v) is 17.8. The molecule has 0 unspecified atom stereocenters. The average molecular weight is 441 g/mol. The summed E-state index contributed by atoms with van der Waals surface area (Å²) in [6.45, 7) is 0.358. The molecule has 4 rings (SSSR count). The standard InChI is InChI=1S/C22H25ClN6O2/c23-21-20-16(7-8-24-21)3-6-19(29-20)28-17-4-1-14(2-5-17)10-25-22-26-11-15(12-27-22)9-18(31)13-30/h3,6-8,11-12,14,17,30H,1-2,4-5,9-10,13H2,(H,28,29)(H,25,26,27). The van der Waals surface area contributed by atoms with Crippen LogP contribution in [0.4, 0.5) is 11.8 Å². The van der Waals surface area contributed by atoms with Gasteiger partial charge < -0.3 is 15.7 Å². The van der Waals surface area contributed by atoms with Crippen LogP contribution in [-0.2, 0) is 11.2 Å². The molecule has 0 saturated heterocycles. The summed E-state index contributed by atoms with van der Waals surface area (Å²) < 4.78 is 0. The van der Waals surface area contributed by atoms with Crippen molar-refractivity contribution in [3.63, 3.8) is 0 Å². The molecule has 0 radical (unpaired) electrons. The monoisotopic (exact) mass is 440 g/mol. The molecule has 9 heteroatoms. The number of anilines is 2. The number of hydrogen-bond acceptors (Lipinski definition) is 8. The third-order valence-electron chi connectivity index (χ3n) is 5.59. The highest BCUT2D eigenvalue weighted by atomic mass is 35.5. The van der Waals surface area contributed by atoms with Gasteiger partial charge in [0.2, 0.25) is 5.95 Å². The molecule has 3 aromatic rings. The van der Waals surface area contributed by atoms with Gasteiger partial charge in [0.15, 0.2) is 10.9 Å². The van der Waals surface area contributed by atoms with E-state index in [2.05, 4.69) is 30.6 Å². The number of ketones is 1. The molecule has 8 nitrogen and oxygen atoms in total. The van der Waals surface area contributed by atoms with E-state index in [-0.39, 0.29) is 12.2 Å². The van der Waals surface area contributed by atoms with Crippen LogP contribution >= 0.6 is 11.6 Å². The molecule has 0 spiro atoms. The highest BCUT2D eigenvalue weighted by Crippen LogP contribution is 2.27. The van der Waals surface area contributed by atoms with E-state index in [1.54, 1.807) is 18.6 Å². The highest BCUT2D eigenvalue weighted by molar-refractivity contribution is 6.33. The van der Waals surface area contributed by atoms with Crippen LogP contribution in [-0.4, -0.2) is 50.0 Å². The number of pyridine rings is 2. The first-order valence-corrected chi connectivity index (χ1v) is 10.8.